The number of amides is 2. The molecule has 9 nitrogen and oxygen atoms in total. The number of anilines is 1. The molecule has 1 saturated heterocycles. The summed E-state index contributed by atoms with van der Waals surface area (Å²) >= 11 is 1.60. The number of nitrogens with one attached hydrogen (secondary N) is 1. The summed E-state index contributed by atoms with van der Waals surface area (Å²) in [7, 11) is 1.65. The third kappa shape index (κ3) is 5.64. The Balaban J connectivity index is 1.05. The molecule has 1 N–H and O–H groups in total. The molecule has 37 heavy (non-hydrogen) atoms. The highest BCUT2D eigenvalue weighted by Gasteiger charge is 2.22. The maximum atomic E-state index is 13.0. The van der Waals surface area contributed by atoms with E-state index in [0.717, 1.165) is 60.6 Å². The van der Waals surface area contributed by atoms with E-state index in [-0.39, 0.29) is 23.9 Å². The molecule has 2 amide bonds. The zero-order valence-corrected chi connectivity index (χ0v) is 22.0. The van der Waals surface area contributed by atoms with Crippen molar-refractivity contribution in [3.8, 4) is 5.75 Å². The maximum Gasteiger partial charge on any atom is 0.262 e. The second-order valence-electron chi connectivity index (χ2n) is 9.59. The number of methoxy groups -OCH3 is 1. The van der Waals surface area contributed by atoms with E-state index in [1.54, 1.807) is 18.4 Å². The van der Waals surface area contributed by atoms with Crippen molar-refractivity contribution < 1.29 is 14.3 Å². The predicted octanol–water partition coefficient (Wildman–Crippen LogP) is 2.59. The van der Waals surface area contributed by atoms with E-state index in [1.807, 2.05) is 29.2 Å². The zero-order valence-electron chi connectivity index (χ0n) is 21.2. The minimum absolute atomic E-state index is 0.0618. The highest BCUT2D eigenvalue weighted by Crippen LogP contribution is 2.33. The van der Waals surface area contributed by atoms with E-state index in [9.17, 15) is 14.4 Å². The molecule has 0 atom stereocenters. The van der Waals surface area contributed by atoms with Crippen LogP contribution < -0.4 is 20.5 Å². The van der Waals surface area contributed by atoms with E-state index in [4.69, 9.17) is 4.74 Å². The Morgan fingerprint density at radius 2 is 1.84 bits per heavy atom. The Hall–Kier alpha value is -3.40. The van der Waals surface area contributed by atoms with Crippen LogP contribution in [-0.4, -0.2) is 66.1 Å². The molecule has 196 valence electrons. The van der Waals surface area contributed by atoms with Gasteiger partial charge in [0.1, 0.15) is 17.1 Å². The van der Waals surface area contributed by atoms with Gasteiger partial charge in [-0.1, -0.05) is 0 Å². The van der Waals surface area contributed by atoms with Gasteiger partial charge >= 0.3 is 0 Å². The van der Waals surface area contributed by atoms with Gasteiger partial charge in [0.2, 0.25) is 11.8 Å². The third-order valence-electron chi connectivity index (χ3n) is 7.22. The number of rotatable bonds is 8. The number of carbonyl (C=O) groups excluding carboxylic acids is 2. The van der Waals surface area contributed by atoms with Crippen molar-refractivity contribution in [3.05, 3.63) is 51.4 Å². The van der Waals surface area contributed by atoms with Gasteiger partial charge in [-0.3, -0.25) is 19.0 Å². The standard InChI is InChI=1S/C27H33N5O4S/c1-36-20-10-8-19(9-11-20)30-13-15-31(16-14-30)24(34)7-4-12-28-23(33)17-32-18-29-26-25(27(32)35)21-5-2-3-6-22(21)37-26/h8-11,18H,2-7,12-17H2,1H3,(H,28,33). The first-order valence-electron chi connectivity index (χ1n) is 13.0. The van der Waals surface area contributed by atoms with Gasteiger partial charge < -0.3 is 19.9 Å². The number of aryl methyl sites for hydroxylation is 2. The van der Waals surface area contributed by atoms with Crippen molar-refractivity contribution in [3.63, 3.8) is 0 Å². The van der Waals surface area contributed by atoms with Crippen molar-refractivity contribution in [2.24, 2.45) is 0 Å². The summed E-state index contributed by atoms with van der Waals surface area (Å²) < 4.78 is 6.61. The number of carbonyl (C=O) groups is 2. The molecule has 0 radical (unpaired) electrons. The highest BCUT2D eigenvalue weighted by molar-refractivity contribution is 7.18. The number of hydrogen-bond acceptors (Lipinski definition) is 7. The van der Waals surface area contributed by atoms with Crippen molar-refractivity contribution >= 4 is 39.1 Å². The smallest absolute Gasteiger partial charge is 0.262 e. The lowest BCUT2D eigenvalue weighted by Gasteiger charge is -2.36. The minimum Gasteiger partial charge on any atom is -0.497 e. The van der Waals surface area contributed by atoms with E-state index in [1.165, 1.54) is 15.8 Å². The lowest BCUT2D eigenvalue weighted by Crippen LogP contribution is -2.48. The topological polar surface area (TPSA) is 96.8 Å². The molecule has 10 heteroatoms. The molecule has 2 aromatic heterocycles. The van der Waals surface area contributed by atoms with Crippen LogP contribution in [0.25, 0.3) is 10.2 Å². The molecule has 5 rings (SSSR count). The molecular formula is C27H33N5O4S. The first-order valence-corrected chi connectivity index (χ1v) is 13.8. The molecule has 0 saturated carbocycles. The molecule has 2 aliphatic rings. The van der Waals surface area contributed by atoms with E-state index < -0.39 is 0 Å². The van der Waals surface area contributed by atoms with Gasteiger partial charge in [0.15, 0.2) is 0 Å². The van der Waals surface area contributed by atoms with Crippen molar-refractivity contribution in [2.75, 3.05) is 44.7 Å². The monoisotopic (exact) mass is 523 g/mol. The van der Waals surface area contributed by atoms with Crippen LogP contribution in [0.2, 0.25) is 0 Å². The number of aromatic nitrogens is 2. The Morgan fingerprint density at radius 1 is 1.08 bits per heavy atom. The highest BCUT2D eigenvalue weighted by atomic mass is 32.1. The van der Waals surface area contributed by atoms with Gasteiger partial charge in [-0.05, 0) is 61.9 Å². The number of ether oxygens (including phenoxy) is 1. The Bertz CT molecular complexity index is 1330. The summed E-state index contributed by atoms with van der Waals surface area (Å²) in [5, 5.41) is 3.53. The SMILES string of the molecule is COc1ccc(N2CCN(C(=O)CCCNC(=O)Cn3cnc4sc5c(c4c3=O)CCCC5)CC2)cc1. The Kier molecular flexibility index (Phi) is 7.73. The molecular weight excluding hydrogens is 490 g/mol. The summed E-state index contributed by atoms with van der Waals surface area (Å²) in [5.41, 5.74) is 2.12. The molecule has 1 aliphatic carbocycles. The lowest BCUT2D eigenvalue weighted by atomic mass is 9.97. The molecule has 1 aromatic carbocycles. The average molecular weight is 524 g/mol. The Labute approximate surface area is 220 Å². The molecule has 1 aliphatic heterocycles. The molecule has 3 aromatic rings. The zero-order chi connectivity index (χ0) is 25.8. The Morgan fingerprint density at radius 3 is 2.59 bits per heavy atom. The summed E-state index contributed by atoms with van der Waals surface area (Å²) in [4.78, 5) is 48.8. The van der Waals surface area contributed by atoms with Crippen molar-refractivity contribution in [1.29, 1.82) is 0 Å². The summed E-state index contributed by atoms with van der Waals surface area (Å²) in [6.45, 7) is 3.27. The van der Waals surface area contributed by atoms with Crippen molar-refractivity contribution in [1.82, 2.24) is 19.8 Å². The van der Waals surface area contributed by atoms with Crippen LogP contribution in [0, 0.1) is 0 Å². The summed E-state index contributed by atoms with van der Waals surface area (Å²) in [5.74, 6) is 0.695. The van der Waals surface area contributed by atoms with Gasteiger partial charge in [0, 0.05) is 49.7 Å². The largest absolute Gasteiger partial charge is 0.497 e. The van der Waals surface area contributed by atoms with Crippen LogP contribution in [0.15, 0.2) is 35.4 Å². The number of thiophene rings is 1. The molecule has 3 heterocycles. The fourth-order valence-electron chi connectivity index (χ4n) is 5.14. The van der Waals surface area contributed by atoms with Crippen LogP contribution >= 0.6 is 11.3 Å². The van der Waals surface area contributed by atoms with E-state index >= 15 is 0 Å². The van der Waals surface area contributed by atoms with Gasteiger partial charge in [-0.15, -0.1) is 11.3 Å². The first kappa shape index (κ1) is 25.3. The molecule has 0 bridgehead atoms. The van der Waals surface area contributed by atoms with Gasteiger partial charge in [0.25, 0.3) is 5.56 Å². The number of hydrogen-bond donors (Lipinski definition) is 1. The predicted molar refractivity (Wildman–Crippen MR) is 145 cm³/mol. The van der Waals surface area contributed by atoms with Crippen LogP contribution in [0.1, 0.15) is 36.1 Å². The molecule has 0 spiro atoms. The number of nitrogens with zero attached hydrogens (tertiary/aromatic N) is 4. The van der Waals surface area contributed by atoms with Crippen LogP contribution in [0.3, 0.4) is 0 Å². The maximum absolute atomic E-state index is 13.0. The van der Waals surface area contributed by atoms with Gasteiger partial charge in [-0.25, -0.2) is 4.98 Å². The van der Waals surface area contributed by atoms with Crippen molar-refractivity contribution in [2.45, 2.75) is 45.1 Å². The second kappa shape index (κ2) is 11.3. The van der Waals surface area contributed by atoms with Crippen LogP contribution in [-0.2, 0) is 29.0 Å². The third-order valence-corrected chi connectivity index (χ3v) is 8.42. The normalized spacial score (nSPS) is 15.5. The second-order valence-corrected chi connectivity index (χ2v) is 10.7. The number of benzene rings is 1. The average Bonchev–Trinajstić information content (AvgIpc) is 3.32. The van der Waals surface area contributed by atoms with Crippen LogP contribution in [0.4, 0.5) is 5.69 Å². The van der Waals surface area contributed by atoms with Crippen LogP contribution in [0.5, 0.6) is 5.75 Å². The van der Waals surface area contributed by atoms with Gasteiger partial charge in [0.05, 0.1) is 18.8 Å². The molecule has 0 unspecified atom stereocenters. The lowest BCUT2D eigenvalue weighted by molar-refractivity contribution is -0.131. The first-order chi connectivity index (χ1) is 18.0. The fourth-order valence-corrected chi connectivity index (χ4v) is 6.36. The molecule has 1 fully saturated rings. The van der Waals surface area contributed by atoms with Gasteiger partial charge in [-0.2, -0.15) is 0 Å². The number of piperazine rings is 1. The fraction of sp³-hybridized carbons (Fsp3) is 0.481. The van der Waals surface area contributed by atoms with E-state index in [2.05, 4.69) is 15.2 Å². The van der Waals surface area contributed by atoms with E-state index in [0.29, 0.717) is 37.9 Å². The number of fused-ring (bicyclic) bond motifs is 3. The minimum atomic E-state index is -0.243. The summed E-state index contributed by atoms with van der Waals surface area (Å²) in [6, 6.07) is 7.97. The summed E-state index contributed by atoms with van der Waals surface area (Å²) in [6.07, 6.45) is 6.58. The quantitative estimate of drug-likeness (QED) is 0.456.